The van der Waals surface area contributed by atoms with Crippen molar-refractivity contribution in [3.63, 3.8) is 0 Å². The van der Waals surface area contributed by atoms with Crippen molar-refractivity contribution in [1.29, 1.82) is 0 Å². The number of carbonyl (C=O) groups excluding carboxylic acids is 2. The molecule has 0 unspecified atom stereocenters. The molecule has 2 amide bonds. The van der Waals surface area contributed by atoms with Crippen LogP contribution >= 0.6 is 0 Å². The molecule has 1 atom stereocenters. The highest BCUT2D eigenvalue weighted by Crippen LogP contribution is 2.49. The number of aromatic nitrogens is 2. The van der Waals surface area contributed by atoms with Crippen LogP contribution in [0.25, 0.3) is 10.9 Å². The fourth-order valence-electron chi connectivity index (χ4n) is 5.89. The molecule has 176 valence electrons. The first-order valence-electron chi connectivity index (χ1n) is 11.9. The molecule has 34 heavy (non-hydrogen) atoms. The third-order valence-corrected chi connectivity index (χ3v) is 7.86. The lowest BCUT2D eigenvalue weighted by Crippen LogP contribution is -2.69. The van der Waals surface area contributed by atoms with E-state index in [1.54, 1.807) is 36.5 Å². The van der Waals surface area contributed by atoms with Crippen molar-refractivity contribution >= 4 is 22.7 Å². The van der Waals surface area contributed by atoms with Crippen molar-refractivity contribution in [3.05, 3.63) is 59.5 Å². The summed E-state index contributed by atoms with van der Waals surface area (Å²) in [7, 11) is 1.63. The van der Waals surface area contributed by atoms with Crippen molar-refractivity contribution in [2.75, 3.05) is 33.4 Å². The molecule has 2 N–H and O–H groups in total. The minimum absolute atomic E-state index is 0.146. The molecule has 2 fully saturated rings. The average Bonchev–Trinajstić information content (AvgIpc) is 3.19. The fourth-order valence-corrected chi connectivity index (χ4v) is 5.89. The number of nitrogens with one attached hydrogen (secondary N) is 1. The molecule has 4 heterocycles. The van der Waals surface area contributed by atoms with Crippen molar-refractivity contribution < 1.29 is 19.4 Å². The summed E-state index contributed by atoms with van der Waals surface area (Å²) in [5.41, 5.74) is 3.02. The molecule has 1 saturated carbocycles. The summed E-state index contributed by atoms with van der Waals surface area (Å²) >= 11 is 0. The number of hydrogen-bond donors (Lipinski definition) is 2. The summed E-state index contributed by atoms with van der Waals surface area (Å²) in [4.78, 5) is 37.8. The number of ether oxygens (including phenoxy) is 1. The Kier molecular flexibility index (Phi) is 4.88. The van der Waals surface area contributed by atoms with Crippen LogP contribution in [-0.4, -0.2) is 70.0 Å². The molecular formula is C26H28N4O4. The zero-order valence-electron chi connectivity index (χ0n) is 19.2. The molecule has 2 aromatic heterocycles. The highest BCUT2D eigenvalue weighted by atomic mass is 16.5. The van der Waals surface area contributed by atoms with Gasteiger partial charge in [0.15, 0.2) is 0 Å². The Morgan fingerprint density at radius 1 is 1.18 bits per heavy atom. The molecule has 1 saturated heterocycles. The van der Waals surface area contributed by atoms with Crippen LogP contribution in [0.3, 0.4) is 0 Å². The molecule has 2 aliphatic heterocycles. The van der Waals surface area contributed by atoms with E-state index in [4.69, 9.17) is 4.74 Å². The van der Waals surface area contributed by atoms with Crippen LogP contribution in [0.1, 0.15) is 46.9 Å². The zero-order valence-corrected chi connectivity index (χ0v) is 19.2. The van der Waals surface area contributed by atoms with Crippen molar-refractivity contribution in [1.82, 2.24) is 19.8 Å². The summed E-state index contributed by atoms with van der Waals surface area (Å²) in [6.45, 7) is 1.40. The Bertz CT molecular complexity index is 1260. The van der Waals surface area contributed by atoms with Crippen molar-refractivity contribution in [3.8, 4) is 5.75 Å². The first-order chi connectivity index (χ1) is 16.5. The van der Waals surface area contributed by atoms with E-state index in [1.165, 1.54) is 0 Å². The molecule has 8 heteroatoms. The minimum atomic E-state index is -0.504. The van der Waals surface area contributed by atoms with Crippen LogP contribution in [0.4, 0.5) is 0 Å². The number of aliphatic hydroxyl groups excluding tert-OH is 1. The molecule has 0 bridgehead atoms. The van der Waals surface area contributed by atoms with Gasteiger partial charge in [0.2, 0.25) is 5.91 Å². The second kappa shape index (κ2) is 7.84. The van der Waals surface area contributed by atoms with Gasteiger partial charge in [0, 0.05) is 66.2 Å². The lowest BCUT2D eigenvalue weighted by molar-refractivity contribution is -0.147. The van der Waals surface area contributed by atoms with Gasteiger partial charge < -0.3 is 24.6 Å². The second-order valence-electron chi connectivity index (χ2n) is 9.79. The lowest BCUT2D eigenvalue weighted by Gasteiger charge is -2.57. The van der Waals surface area contributed by atoms with Crippen molar-refractivity contribution in [2.24, 2.45) is 5.92 Å². The third-order valence-electron chi connectivity index (χ3n) is 7.86. The topological polar surface area (TPSA) is 98.8 Å². The number of H-pyrrole nitrogens is 1. The van der Waals surface area contributed by atoms with Crippen LogP contribution in [-0.2, 0) is 10.2 Å². The Hall–Kier alpha value is -3.39. The van der Waals surface area contributed by atoms with E-state index in [2.05, 4.69) is 9.97 Å². The number of methoxy groups -OCH3 is 1. The first kappa shape index (κ1) is 21.2. The molecule has 0 radical (unpaired) electrons. The highest BCUT2D eigenvalue weighted by Gasteiger charge is 2.55. The highest BCUT2D eigenvalue weighted by molar-refractivity contribution is 5.96. The van der Waals surface area contributed by atoms with Crippen LogP contribution in [0.5, 0.6) is 5.75 Å². The van der Waals surface area contributed by atoms with E-state index in [9.17, 15) is 14.7 Å². The maximum Gasteiger partial charge on any atom is 0.254 e. The molecule has 1 spiro atoms. The lowest BCUT2D eigenvalue weighted by atomic mass is 9.68. The summed E-state index contributed by atoms with van der Waals surface area (Å²) in [5, 5.41) is 11.5. The third kappa shape index (κ3) is 3.05. The minimum Gasteiger partial charge on any atom is -0.497 e. The quantitative estimate of drug-likeness (QED) is 0.624. The SMILES string of the molecule is COc1ccc2c3c([nH]c2c1)[C@H](CO)N(C(=O)c1ccncc1)CC31CN(C(=O)C2CCC2)C1. The van der Waals surface area contributed by atoms with Gasteiger partial charge in [-0.15, -0.1) is 0 Å². The Labute approximate surface area is 197 Å². The summed E-state index contributed by atoms with van der Waals surface area (Å²) < 4.78 is 5.42. The second-order valence-corrected chi connectivity index (χ2v) is 9.79. The first-order valence-corrected chi connectivity index (χ1v) is 11.9. The maximum atomic E-state index is 13.6. The van der Waals surface area contributed by atoms with E-state index in [1.807, 2.05) is 23.1 Å². The molecule has 3 aromatic rings. The number of aromatic amines is 1. The van der Waals surface area contributed by atoms with Gasteiger partial charge in [-0.25, -0.2) is 0 Å². The predicted molar refractivity (Wildman–Crippen MR) is 126 cm³/mol. The number of aliphatic hydroxyl groups is 1. The van der Waals surface area contributed by atoms with Gasteiger partial charge in [0.1, 0.15) is 5.75 Å². The number of likely N-dealkylation sites (tertiary alicyclic amines) is 1. The molecule has 6 rings (SSSR count). The fraction of sp³-hybridized carbons (Fsp3) is 0.423. The number of nitrogens with zero attached hydrogens (tertiary/aromatic N) is 3. The number of benzene rings is 1. The zero-order chi connectivity index (χ0) is 23.4. The maximum absolute atomic E-state index is 13.6. The van der Waals surface area contributed by atoms with Crippen LogP contribution in [0, 0.1) is 5.92 Å². The van der Waals surface area contributed by atoms with Crippen LogP contribution in [0.15, 0.2) is 42.7 Å². The number of pyridine rings is 1. The molecule has 8 nitrogen and oxygen atoms in total. The van der Waals surface area contributed by atoms with Gasteiger partial charge in [-0.1, -0.05) is 6.42 Å². The molecule has 1 aliphatic carbocycles. The molecular weight excluding hydrogens is 432 g/mol. The van der Waals surface area contributed by atoms with E-state index < -0.39 is 6.04 Å². The Morgan fingerprint density at radius 3 is 2.59 bits per heavy atom. The number of fused-ring (bicyclic) bond motifs is 4. The number of rotatable bonds is 4. The number of amides is 2. The van der Waals surface area contributed by atoms with Gasteiger partial charge >= 0.3 is 0 Å². The van der Waals surface area contributed by atoms with Crippen LogP contribution < -0.4 is 4.74 Å². The van der Waals surface area contributed by atoms with E-state index in [-0.39, 0.29) is 29.8 Å². The summed E-state index contributed by atoms with van der Waals surface area (Å²) in [6, 6.07) is 8.81. The molecule has 1 aromatic carbocycles. The largest absolute Gasteiger partial charge is 0.497 e. The number of hydrogen-bond acceptors (Lipinski definition) is 5. The van der Waals surface area contributed by atoms with Gasteiger partial charge in [-0.2, -0.15) is 0 Å². The summed E-state index contributed by atoms with van der Waals surface area (Å²) in [6.07, 6.45) is 6.27. The normalized spacial score (nSPS) is 21.2. The van der Waals surface area contributed by atoms with E-state index in [0.717, 1.165) is 47.2 Å². The predicted octanol–water partition coefficient (Wildman–Crippen LogP) is 2.64. The van der Waals surface area contributed by atoms with Gasteiger partial charge in [0.05, 0.1) is 25.2 Å². The summed E-state index contributed by atoms with van der Waals surface area (Å²) in [5.74, 6) is 0.968. The van der Waals surface area contributed by atoms with E-state index >= 15 is 0 Å². The smallest absolute Gasteiger partial charge is 0.254 e. The Morgan fingerprint density at radius 2 is 1.94 bits per heavy atom. The van der Waals surface area contributed by atoms with Crippen LogP contribution in [0.2, 0.25) is 0 Å². The van der Waals surface area contributed by atoms with Gasteiger partial charge in [-0.3, -0.25) is 14.6 Å². The molecule has 3 aliphatic rings. The average molecular weight is 461 g/mol. The standard InChI is InChI=1S/C26H28N4O4/c1-34-18-5-6-19-20(11-18)28-23-21(12-31)30(25(33)17-7-9-27-10-8-17)15-26(22(19)23)13-29(14-26)24(32)16-3-2-4-16/h5-11,16,21,28,31H,2-4,12-15H2,1H3/t21-/m0/s1. The number of carbonyl (C=O) groups is 2. The van der Waals surface area contributed by atoms with Gasteiger partial charge in [-0.05, 0) is 42.7 Å². The van der Waals surface area contributed by atoms with Crippen molar-refractivity contribution in [2.45, 2.75) is 30.7 Å². The van der Waals surface area contributed by atoms with E-state index in [0.29, 0.717) is 25.2 Å². The van der Waals surface area contributed by atoms with Gasteiger partial charge in [0.25, 0.3) is 5.91 Å². The monoisotopic (exact) mass is 460 g/mol. The Balaban J connectivity index is 1.44.